The van der Waals surface area contributed by atoms with Gasteiger partial charge in [-0.3, -0.25) is 4.79 Å². The molecule has 0 aromatic heterocycles. The molecule has 0 radical (unpaired) electrons. The van der Waals surface area contributed by atoms with Crippen LogP contribution in [-0.4, -0.2) is 24.5 Å². The molecule has 0 unspecified atom stereocenters. The molecule has 0 fully saturated rings. The number of anilines is 1. The number of sulfonamides is 1. The lowest BCUT2D eigenvalue weighted by molar-refractivity contribution is -0.113. The Morgan fingerprint density at radius 3 is 2.84 bits per heavy atom. The van der Waals surface area contributed by atoms with E-state index >= 15 is 0 Å². The number of amides is 1. The van der Waals surface area contributed by atoms with Crippen LogP contribution in [0.3, 0.4) is 0 Å². The molecule has 0 saturated heterocycles. The van der Waals surface area contributed by atoms with Crippen molar-refractivity contribution in [1.82, 2.24) is 0 Å². The second kappa shape index (κ2) is 7.61. The molecule has 6 nitrogen and oxygen atoms in total. The van der Waals surface area contributed by atoms with E-state index in [9.17, 15) is 13.2 Å². The number of nitrogens with zero attached hydrogens (tertiary/aromatic N) is 1. The van der Waals surface area contributed by atoms with Crippen LogP contribution in [0, 0.1) is 0 Å². The summed E-state index contributed by atoms with van der Waals surface area (Å²) in [5, 5.41) is 7.76. The molecule has 1 aliphatic heterocycles. The van der Waals surface area contributed by atoms with Crippen LogP contribution in [0.2, 0.25) is 0 Å². The normalized spacial score (nSPS) is 13.7. The van der Waals surface area contributed by atoms with Gasteiger partial charge in [0.05, 0.1) is 16.3 Å². The molecule has 2 aromatic rings. The van der Waals surface area contributed by atoms with Crippen LogP contribution in [0.25, 0.3) is 0 Å². The summed E-state index contributed by atoms with van der Waals surface area (Å²) in [4.78, 5) is 16.6. The number of carbonyl (C=O) groups excluding carboxylic acids is 1. The van der Waals surface area contributed by atoms with Crippen molar-refractivity contribution < 1.29 is 13.2 Å². The topological polar surface area (TPSA) is 102 Å². The van der Waals surface area contributed by atoms with Gasteiger partial charge in [-0.1, -0.05) is 47.8 Å². The lowest BCUT2D eigenvalue weighted by Gasteiger charge is -2.14. The zero-order valence-corrected chi connectivity index (χ0v) is 15.5. The number of hydrogen-bond acceptors (Lipinski definition) is 6. The highest BCUT2D eigenvalue weighted by Crippen LogP contribution is 2.34. The maximum atomic E-state index is 12.1. The molecule has 25 heavy (non-hydrogen) atoms. The van der Waals surface area contributed by atoms with Gasteiger partial charge >= 0.3 is 0 Å². The monoisotopic (exact) mass is 393 g/mol. The number of benzene rings is 2. The zero-order chi connectivity index (χ0) is 17.9. The Labute approximate surface area is 154 Å². The van der Waals surface area contributed by atoms with Gasteiger partial charge in [0.25, 0.3) is 0 Å². The van der Waals surface area contributed by atoms with E-state index in [4.69, 9.17) is 5.14 Å². The lowest BCUT2D eigenvalue weighted by Crippen LogP contribution is -2.16. The van der Waals surface area contributed by atoms with Crippen molar-refractivity contribution >= 4 is 55.2 Å². The van der Waals surface area contributed by atoms with Gasteiger partial charge < -0.3 is 5.32 Å². The van der Waals surface area contributed by atoms with Crippen LogP contribution in [0.5, 0.6) is 0 Å². The summed E-state index contributed by atoms with van der Waals surface area (Å²) < 4.78 is 23.5. The fourth-order valence-electron chi connectivity index (χ4n) is 2.16. The number of para-hydroxylation sites is 1. The van der Waals surface area contributed by atoms with E-state index in [0.29, 0.717) is 5.69 Å². The Morgan fingerprint density at radius 2 is 2.04 bits per heavy atom. The third kappa shape index (κ3) is 4.85. The summed E-state index contributed by atoms with van der Waals surface area (Å²) in [6.45, 7) is 0. The number of hydrogen-bond donors (Lipinski definition) is 2. The minimum absolute atomic E-state index is 0.0400. The third-order valence-electron chi connectivity index (χ3n) is 3.33. The summed E-state index contributed by atoms with van der Waals surface area (Å²) in [7, 11) is -3.80. The summed E-state index contributed by atoms with van der Waals surface area (Å²) >= 11 is 2.95. The lowest BCUT2D eigenvalue weighted by atomic mass is 10.2. The van der Waals surface area contributed by atoms with E-state index in [2.05, 4.69) is 10.3 Å². The minimum atomic E-state index is -3.80. The predicted octanol–water partition coefficient (Wildman–Crippen LogP) is 2.94. The zero-order valence-electron chi connectivity index (χ0n) is 13.0. The van der Waals surface area contributed by atoms with Crippen LogP contribution < -0.4 is 10.5 Å². The first-order valence-corrected chi connectivity index (χ1v) is 10.8. The molecule has 2 aromatic carbocycles. The van der Waals surface area contributed by atoms with Crippen molar-refractivity contribution in [2.45, 2.75) is 10.6 Å². The summed E-state index contributed by atoms with van der Waals surface area (Å²) in [6, 6.07) is 13.8. The molecule has 3 rings (SSSR count). The Hall–Kier alpha value is -1.81. The molecule has 0 saturated carbocycles. The molecular weight excluding hydrogens is 378 g/mol. The van der Waals surface area contributed by atoms with Gasteiger partial charge in [0.15, 0.2) is 0 Å². The SMILES string of the molecule is NS(=O)(=O)c1cccc(NC(=O)CSC2=Nc3ccccc3CS2)c1. The maximum Gasteiger partial charge on any atom is 0.238 e. The van der Waals surface area contributed by atoms with E-state index < -0.39 is 10.0 Å². The summed E-state index contributed by atoms with van der Waals surface area (Å²) in [6.07, 6.45) is 0. The van der Waals surface area contributed by atoms with Crippen LogP contribution in [-0.2, 0) is 20.6 Å². The molecule has 0 bridgehead atoms. The number of thioether (sulfide) groups is 2. The van der Waals surface area contributed by atoms with Crippen molar-refractivity contribution in [3.63, 3.8) is 0 Å². The molecule has 1 amide bonds. The first-order valence-electron chi connectivity index (χ1n) is 7.27. The van der Waals surface area contributed by atoms with Crippen molar-refractivity contribution in [1.29, 1.82) is 0 Å². The minimum Gasteiger partial charge on any atom is -0.325 e. The summed E-state index contributed by atoms with van der Waals surface area (Å²) in [5.41, 5.74) is 2.51. The van der Waals surface area contributed by atoms with Gasteiger partial charge in [0.2, 0.25) is 15.9 Å². The average Bonchev–Trinajstić information content (AvgIpc) is 2.59. The van der Waals surface area contributed by atoms with Crippen molar-refractivity contribution in [3.8, 4) is 0 Å². The van der Waals surface area contributed by atoms with Gasteiger partial charge in [0, 0.05) is 11.4 Å². The van der Waals surface area contributed by atoms with E-state index in [1.165, 1.54) is 35.5 Å². The molecule has 3 N–H and O–H groups in total. The molecule has 0 spiro atoms. The number of nitrogens with one attached hydrogen (secondary N) is 1. The average molecular weight is 394 g/mol. The van der Waals surface area contributed by atoms with E-state index in [1.54, 1.807) is 17.8 Å². The van der Waals surface area contributed by atoms with E-state index in [-0.39, 0.29) is 16.6 Å². The van der Waals surface area contributed by atoms with Crippen LogP contribution >= 0.6 is 23.5 Å². The highest BCUT2D eigenvalue weighted by molar-refractivity contribution is 8.38. The Morgan fingerprint density at radius 1 is 1.24 bits per heavy atom. The van der Waals surface area contributed by atoms with Crippen LogP contribution in [0.4, 0.5) is 11.4 Å². The molecule has 0 atom stereocenters. The standard InChI is InChI=1S/C16H15N3O3S3/c17-25(21,22)13-6-3-5-12(8-13)18-15(20)10-24-16-19-14-7-2-1-4-11(14)9-23-16/h1-8H,9-10H2,(H,18,20)(H2,17,21,22). The second-order valence-electron chi connectivity index (χ2n) is 5.20. The highest BCUT2D eigenvalue weighted by Gasteiger charge is 2.14. The van der Waals surface area contributed by atoms with Crippen LogP contribution in [0.1, 0.15) is 5.56 Å². The number of rotatable bonds is 4. The van der Waals surface area contributed by atoms with Gasteiger partial charge in [-0.25, -0.2) is 18.5 Å². The van der Waals surface area contributed by atoms with Gasteiger partial charge in [-0.2, -0.15) is 0 Å². The molecule has 1 heterocycles. The van der Waals surface area contributed by atoms with E-state index in [0.717, 1.165) is 15.8 Å². The maximum absolute atomic E-state index is 12.1. The number of primary sulfonamides is 1. The van der Waals surface area contributed by atoms with Crippen molar-refractivity contribution in [3.05, 3.63) is 54.1 Å². The first kappa shape index (κ1) is 18.0. The largest absolute Gasteiger partial charge is 0.325 e. The second-order valence-corrected chi connectivity index (χ2v) is 8.95. The van der Waals surface area contributed by atoms with Gasteiger partial charge in [0.1, 0.15) is 4.38 Å². The van der Waals surface area contributed by atoms with Crippen molar-refractivity contribution in [2.24, 2.45) is 10.1 Å². The Kier molecular flexibility index (Phi) is 5.48. The first-order chi connectivity index (χ1) is 11.9. The predicted molar refractivity (Wildman–Crippen MR) is 104 cm³/mol. The van der Waals surface area contributed by atoms with Crippen molar-refractivity contribution in [2.75, 3.05) is 11.1 Å². The third-order valence-corrected chi connectivity index (χ3v) is 6.48. The van der Waals surface area contributed by atoms with Gasteiger partial charge in [-0.15, -0.1) is 0 Å². The molecular formula is C16H15N3O3S3. The number of aliphatic imine (C=N–C) groups is 1. The fraction of sp³-hybridized carbons (Fsp3) is 0.125. The van der Waals surface area contributed by atoms with E-state index in [1.807, 2.05) is 24.3 Å². The molecule has 130 valence electrons. The van der Waals surface area contributed by atoms with Gasteiger partial charge in [-0.05, 0) is 29.8 Å². The number of nitrogens with two attached hydrogens (primary N) is 1. The Bertz CT molecular complexity index is 942. The number of carbonyl (C=O) groups is 1. The fourth-order valence-corrected chi connectivity index (χ4v) is 4.58. The van der Waals surface area contributed by atoms with Crippen LogP contribution in [0.15, 0.2) is 58.4 Å². The smallest absolute Gasteiger partial charge is 0.238 e. The highest BCUT2D eigenvalue weighted by atomic mass is 32.2. The Balaban J connectivity index is 1.60. The quantitative estimate of drug-likeness (QED) is 0.831. The molecule has 0 aliphatic carbocycles. The number of fused-ring (bicyclic) bond motifs is 1. The molecule has 1 aliphatic rings. The molecule has 9 heteroatoms. The summed E-state index contributed by atoms with van der Waals surface area (Å²) in [5.74, 6) is 0.784.